The van der Waals surface area contributed by atoms with Gasteiger partial charge >= 0.3 is 5.97 Å². The number of nitrogens with one attached hydrogen (secondary N) is 1. The lowest BCUT2D eigenvalue weighted by Gasteiger charge is -2.32. The average Bonchev–Trinajstić information content (AvgIpc) is 2.99. The van der Waals surface area contributed by atoms with Crippen molar-refractivity contribution in [1.29, 1.82) is 0 Å². The molecule has 2 aliphatic heterocycles. The third kappa shape index (κ3) is 5.14. The number of likely N-dealkylation sites (tertiary alicyclic amines) is 2. The van der Waals surface area contributed by atoms with Gasteiger partial charge in [-0.3, -0.25) is 19.3 Å². The molecule has 0 aliphatic carbocycles. The molecule has 7 nitrogen and oxygen atoms in total. The molecule has 0 radical (unpaired) electrons. The summed E-state index contributed by atoms with van der Waals surface area (Å²) in [6, 6.07) is -0.584. The van der Waals surface area contributed by atoms with E-state index < -0.39 is 12.0 Å². The van der Waals surface area contributed by atoms with Gasteiger partial charge in [0.25, 0.3) is 0 Å². The minimum absolute atomic E-state index is 0. The molecular weight excluding hydrogens is 310 g/mol. The molecule has 0 saturated carbocycles. The molecule has 2 saturated heterocycles. The molecular formula is C14H24ClN3O4. The Morgan fingerprint density at radius 3 is 2.32 bits per heavy atom. The van der Waals surface area contributed by atoms with Crippen molar-refractivity contribution in [2.24, 2.45) is 0 Å². The normalized spacial score (nSPS) is 22.0. The highest BCUT2D eigenvalue weighted by atomic mass is 35.5. The smallest absolute Gasteiger partial charge is 0.320 e. The second-order valence-electron chi connectivity index (χ2n) is 5.68. The first-order valence-corrected chi connectivity index (χ1v) is 7.59. The van der Waals surface area contributed by atoms with Crippen LogP contribution in [0, 0.1) is 0 Å². The lowest BCUT2D eigenvalue weighted by Crippen LogP contribution is -2.50. The number of carboxylic acids is 1. The molecule has 1 atom stereocenters. The number of carbonyl (C=O) groups excluding carboxylic acids is 2. The first-order valence-electron chi connectivity index (χ1n) is 7.59. The third-order valence-electron chi connectivity index (χ3n) is 4.14. The number of hydrogen-bond acceptors (Lipinski definition) is 4. The molecule has 1 unspecified atom stereocenters. The summed E-state index contributed by atoms with van der Waals surface area (Å²) in [5, 5.41) is 11.8. The fourth-order valence-corrected chi connectivity index (χ4v) is 2.95. The van der Waals surface area contributed by atoms with Gasteiger partial charge < -0.3 is 15.3 Å². The summed E-state index contributed by atoms with van der Waals surface area (Å²) in [6.07, 6.45) is 4.41. The molecule has 2 fully saturated rings. The Balaban J connectivity index is 0.00000242. The largest absolute Gasteiger partial charge is 0.480 e. The van der Waals surface area contributed by atoms with Crippen LogP contribution in [0.1, 0.15) is 32.1 Å². The van der Waals surface area contributed by atoms with Gasteiger partial charge in [-0.05, 0) is 32.2 Å². The zero-order valence-corrected chi connectivity index (χ0v) is 13.4. The Kier molecular flexibility index (Phi) is 7.61. The maximum absolute atomic E-state index is 11.9. The summed E-state index contributed by atoms with van der Waals surface area (Å²) in [4.78, 5) is 38.3. The van der Waals surface area contributed by atoms with E-state index >= 15 is 0 Å². The van der Waals surface area contributed by atoms with Crippen LogP contribution in [-0.4, -0.2) is 71.5 Å². The number of nitrogens with zero attached hydrogens (tertiary/aromatic N) is 2. The van der Waals surface area contributed by atoms with Crippen LogP contribution < -0.4 is 5.32 Å². The number of halogens is 1. The van der Waals surface area contributed by atoms with Crippen LogP contribution in [0.15, 0.2) is 0 Å². The van der Waals surface area contributed by atoms with Crippen LogP contribution in [0.5, 0.6) is 0 Å². The van der Waals surface area contributed by atoms with Crippen molar-refractivity contribution in [3.8, 4) is 0 Å². The van der Waals surface area contributed by atoms with Gasteiger partial charge in [0.2, 0.25) is 11.8 Å². The van der Waals surface area contributed by atoms with Crippen molar-refractivity contribution in [3.05, 3.63) is 0 Å². The monoisotopic (exact) mass is 333 g/mol. The van der Waals surface area contributed by atoms with Crippen molar-refractivity contribution in [2.75, 3.05) is 32.7 Å². The SMILES string of the molecule is Cl.O=C(CN1CCCCC1C(=O)O)NCC(=O)N1CCCC1. The number of piperidine rings is 1. The molecule has 0 bridgehead atoms. The first kappa shape index (κ1) is 18.7. The standard InChI is InChI=1S/C14H23N3O4.ClH/c18-12(15-9-13(19)16-6-3-4-7-16)10-17-8-2-1-5-11(17)14(20)21;/h11H,1-10H2,(H,15,18)(H,20,21);1H. The van der Waals surface area contributed by atoms with E-state index in [1.54, 1.807) is 9.80 Å². The zero-order chi connectivity index (χ0) is 15.2. The van der Waals surface area contributed by atoms with E-state index in [0.29, 0.717) is 13.0 Å². The van der Waals surface area contributed by atoms with Gasteiger partial charge in [0.1, 0.15) is 6.04 Å². The van der Waals surface area contributed by atoms with Gasteiger partial charge in [0.15, 0.2) is 0 Å². The van der Waals surface area contributed by atoms with E-state index in [1.807, 2.05) is 0 Å². The van der Waals surface area contributed by atoms with E-state index in [0.717, 1.165) is 38.8 Å². The molecule has 2 heterocycles. The fraction of sp³-hybridized carbons (Fsp3) is 0.786. The van der Waals surface area contributed by atoms with Crippen LogP contribution in [0.3, 0.4) is 0 Å². The number of carboxylic acid groups (broad SMARTS) is 1. The summed E-state index contributed by atoms with van der Waals surface area (Å²) in [7, 11) is 0. The highest BCUT2D eigenvalue weighted by molar-refractivity contribution is 5.86. The van der Waals surface area contributed by atoms with Crippen molar-refractivity contribution in [3.63, 3.8) is 0 Å². The fourth-order valence-electron chi connectivity index (χ4n) is 2.95. The molecule has 8 heteroatoms. The molecule has 126 valence electrons. The summed E-state index contributed by atoms with van der Waals surface area (Å²) in [5.74, 6) is -1.22. The van der Waals surface area contributed by atoms with Gasteiger partial charge in [-0.25, -0.2) is 0 Å². The molecule has 0 aromatic rings. The highest BCUT2D eigenvalue weighted by Gasteiger charge is 2.29. The van der Waals surface area contributed by atoms with Gasteiger partial charge in [-0.2, -0.15) is 0 Å². The minimum atomic E-state index is -0.879. The van der Waals surface area contributed by atoms with Crippen LogP contribution in [0.4, 0.5) is 0 Å². The molecule has 0 spiro atoms. The Morgan fingerprint density at radius 2 is 1.68 bits per heavy atom. The minimum Gasteiger partial charge on any atom is -0.480 e. The quantitative estimate of drug-likeness (QED) is 0.744. The van der Waals surface area contributed by atoms with Crippen LogP contribution >= 0.6 is 12.4 Å². The molecule has 22 heavy (non-hydrogen) atoms. The summed E-state index contributed by atoms with van der Waals surface area (Å²) >= 11 is 0. The third-order valence-corrected chi connectivity index (χ3v) is 4.14. The summed E-state index contributed by atoms with van der Waals surface area (Å²) < 4.78 is 0. The second kappa shape index (κ2) is 8.95. The van der Waals surface area contributed by atoms with Crippen LogP contribution in [0.25, 0.3) is 0 Å². The predicted molar refractivity (Wildman–Crippen MR) is 82.9 cm³/mol. The highest BCUT2D eigenvalue weighted by Crippen LogP contribution is 2.16. The molecule has 2 aliphatic rings. The lowest BCUT2D eigenvalue weighted by molar-refractivity contribution is -0.145. The van der Waals surface area contributed by atoms with Gasteiger partial charge in [-0.1, -0.05) is 6.42 Å². The van der Waals surface area contributed by atoms with E-state index in [9.17, 15) is 14.4 Å². The van der Waals surface area contributed by atoms with E-state index in [-0.39, 0.29) is 37.3 Å². The lowest BCUT2D eigenvalue weighted by atomic mass is 10.0. The number of rotatable bonds is 5. The molecule has 2 N–H and O–H groups in total. The van der Waals surface area contributed by atoms with E-state index in [1.165, 1.54) is 0 Å². The zero-order valence-electron chi connectivity index (χ0n) is 12.6. The Labute approximate surface area is 136 Å². The number of amides is 2. The number of hydrogen-bond donors (Lipinski definition) is 2. The number of carbonyl (C=O) groups is 3. The summed E-state index contributed by atoms with van der Waals surface area (Å²) in [5.41, 5.74) is 0. The molecule has 0 aromatic heterocycles. The second-order valence-corrected chi connectivity index (χ2v) is 5.68. The Bertz CT molecular complexity index is 413. The first-order chi connectivity index (χ1) is 10.1. The topological polar surface area (TPSA) is 90.0 Å². The van der Waals surface area contributed by atoms with Crippen LogP contribution in [0.2, 0.25) is 0 Å². The van der Waals surface area contributed by atoms with Crippen molar-refractivity contribution >= 4 is 30.2 Å². The Hall–Kier alpha value is -1.34. The molecule has 2 rings (SSSR count). The number of aliphatic carboxylic acids is 1. The van der Waals surface area contributed by atoms with Crippen molar-refractivity contribution < 1.29 is 19.5 Å². The van der Waals surface area contributed by atoms with Gasteiger partial charge in [0.05, 0.1) is 13.1 Å². The summed E-state index contributed by atoms with van der Waals surface area (Å²) in [6.45, 7) is 2.20. The average molecular weight is 334 g/mol. The van der Waals surface area contributed by atoms with E-state index in [4.69, 9.17) is 5.11 Å². The Morgan fingerprint density at radius 1 is 1.05 bits per heavy atom. The van der Waals surface area contributed by atoms with Crippen molar-refractivity contribution in [2.45, 2.75) is 38.1 Å². The molecule has 2 amide bonds. The van der Waals surface area contributed by atoms with Gasteiger partial charge in [0, 0.05) is 13.1 Å². The van der Waals surface area contributed by atoms with Gasteiger partial charge in [-0.15, -0.1) is 12.4 Å². The van der Waals surface area contributed by atoms with Crippen LogP contribution in [-0.2, 0) is 14.4 Å². The maximum atomic E-state index is 11.9. The predicted octanol–water partition coefficient (Wildman–Crippen LogP) is 0.0859. The van der Waals surface area contributed by atoms with Crippen molar-refractivity contribution in [1.82, 2.24) is 15.1 Å². The maximum Gasteiger partial charge on any atom is 0.320 e. The molecule has 0 aromatic carbocycles. The van der Waals surface area contributed by atoms with E-state index in [2.05, 4.69) is 5.32 Å².